The van der Waals surface area contributed by atoms with Crippen LogP contribution in [0.4, 0.5) is 0 Å². The molecule has 1 fully saturated rings. The van der Waals surface area contributed by atoms with Crippen LogP contribution >= 0.6 is 23.4 Å². The number of ether oxygens (including phenoxy) is 1. The Morgan fingerprint density at radius 3 is 2.89 bits per heavy atom. The maximum Gasteiger partial charge on any atom is 0.240 e. The third-order valence-electron chi connectivity index (χ3n) is 3.19. The Bertz CT molecular complexity index is 542. The molecule has 1 atom stereocenters. The molecule has 0 bridgehead atoms. The Hall–Kier alpha value is -0.270. The smallest absolute Gasteiger partial charge is 0.240 e. The van der Waals surface area contributed by atoms with Crippen LogP contribution in [0, 0.1) is 0 Å². The summed E-state index contributed by atoms with van der Waals surface area (Å²) in [5.41, 5.74) is -0.393. The molecule has 1 heterocycles. The summed E-state index contributed by atoms with van der Waals surface area (Å²) in [5, 5.41) is 0.403. The molecule has 1 aliphatic rings. The van der Waals surface area contributed by atoms with Crippen LogP contribution in [-0.2, 0) is 14.8 Å². The van der Waals surface area contributed by atoms with Gasteiger partial charge < -0.3 is 4.74 Å². The summed E-state index contributed by atoms with van der Waals surface area (Å²) in [4.78, 5) is 0.178. The number of thioether (sulfide) groups is 1. The minimum absolute atomic E-state index is 0.178. The third kappa shape index (κ3) is 3.64. The average Bonchev–Trinajstić information content (AvgIpc) is 2.86. The molecular formula is C12H16ClNO3S2. The lowest BCUT2D eigenvalue weighted by Crippen LogP contribution is -2.44. The second-order valence-electron chi connectivity index (χ2n) is 4.47. The van der Waals surface area contributed by atoms with Gasteiger partial charge in [-0.1, -0.05) is 17.7 Å². The fourth-order valence-corrected chi connectivity index (χ4v) is 4.72. The molecular weight excluding hydrogens is 306 g/mol. The molecule has 1 N–H and O–H groups in total. The first kappa shape index (κ1) is 15.1. The Kier molecular flexibility index (Phi) is 4.79. The molecule has 0 aromatic heterocycles. The predicted molar refractivity (Wildman–Crippen MR) is 78.3 cm³/mol. The van der Waals surface area contributed by atoms with Crippen molar-refractivity contribution in [1.82, 2.24) is 4.72 Å². The van der Waals surface area contributed by atoms with Crippen LogP contribution in [0.25, 0.3) is 0 Å². The number of hydrogen-bond donors (Lipinski definition) is 1. The lowest BCUT2D eigenvalue weighted by Gasteiger charge is -2.26. The number of halogens is 1. The van der Waals surface area contributed by atoms with Crippen molar-refractivity contribution in [2.75, 3.05) is 25.2 Å². The Labute approximate surface area is 122 Å². The van der Waals surface area contributed by atoms with Gasteiger partial charge in [0.1, 0.15) is 0 Å². The fourth-order valence-electron chi connectivity index (χ4n) is 1.91. The quantitative estimate of drug-likeness (QED) is 0.902. The van der Waals surface area contributed by atoms with Crippen LogP contribution in [0.3, 0.4) is 0 Å². The fraction of sp³-hybridized carbons (Fsp3) is 0.500. The molecule has 2 rings (SSSR count). The molecule has 0 amide bonds. The van der Waals surface area contributed by atoms with Gasteiger partial charge >= 0.3 is 0 Å². The van der Waals surface area contributed by atoms with Gasteiger partial charge in [0.05, 0.1) is 10.5 Å². The normalized spacial score (nSPS) is 23.7. The van der Waals surface area contributed by atoms with Crippen molar-refractivity contribution in [2.24, 2.45) is 0 Å². The van der Waals surface area contributed by atoms with Gasteiger partial charge in [-0.3, -0.25) is 0 Å². The number of methoxy groups -OCH3 is 1. The van der Waals surface area contributed by atoms with E-state index in [2.05, 4.69) is 4.72 Å². The van der Waals surface area contributed by atoms with Crippen LogP contribution in [-0.4, -0.2) is 39.2 Å². The molecule has 1 aromatic rings. The van der Waals surface area contributed by atoms with E-state index in [1.165, 1.54) is 12.1 Å². The molecule has 0 saturated carbocycles. The number of benzene rings is 1. The van der Waals surface area contributed by atoms with Gasteiger partial charge in [-0.25, -0.2) is 13.1 Å². The van der Waals surface area contributed by atoms with Crippen molar-refractivity contribution < 1.29 is 13.2 Å². The van der Waals surface area contributed by atoms with Crippen molar-refractivity contribution in [1.29, 1.82) is 0 Å². The zero-order valence-corrected chi connectivity index (χ0v) is 12.9. The van der Waals surface area contributed by atoms with Gasteiger partial charge in [-0.05, 0) is 30.4 Å². The highest BCUT2D eigenvalue weighted by atomic mass is 35.5. The van der Waals surface area contributed by atoms with Gasteiger partial charge in [0.2, 0.25) is 10.0 Å². The van der Waals surface area contributed by atoms with Crippen LogP contribution in [0.1, 0.15) is 6.42 Å². The molecule has 1 saturated heterocycles. The summed E-state index contributed by atoms with van der Waals surface area (Å²) in [6.07, 6.45) is 0.853. The lowest BCUT2D eigenvalue weighted by atomic mass is 10.0. The summed E-state index contributed by atoms with van der Waals surface area (Å²) < 4.78 is 32.4. The molecule has 0 radical (unpaired) electrons. The standard InChI is InChI=1S/C12H16ClNO3S2/c1-17-12(5-6-18-9-12)8-14-19(15,16)11-4-2-3-10(13)7-11/h2-4,7,14H,5-6,8-9H2,1H3. The highest BCUT2D eigenvalue weighted by Crippen LogP contribution is 2.30. The van der Waals surface area contributed by atoms with E-state index in [0.29, 0.717) is 5.02 Å². The van der Waals surface area contributed by atoms with Crippen LogP contribution in [0.15, 0.2) is 29.2 Å². The molecule has 7 heteroatoms. The summed E-state index contributed by atoms with van der Waals surface area (Å²) in [6.45, 7) is 0.283. The maximum absolute atomic E-state index is 12.2. The molecule has 0 spiro atoms. The van der Waals surface area contributed by atoms with E-state index in [1.807, 2.05) is 0 Å². The molecule has 0 aliphatic carbocycles. The van der Waals surface area contributed by atoms with Gasteiger partial charge in [0.25, 0.3) is 0 Å². The Balaban J connectivity index is 2.09. The van der Waals surface area contributed by atoms with Crippen LogP contribution in [0.5, 0.6) is 0 Å². The summed E-state index contributed by atoms with van der Waals surface area (Å²) in [5.74, 6) is 1.80. The van der Waals surface area contributed by atoms with Crippen molar-refractivity contribution in [3.63, 3.8) is 0 Å². The van der Waals surface area contributed by atoms with E-state index in [4.69, 9.17) is 16.3 Å². The van der Waals surface area contributed by atoms with Crippen molar-refractivity contribution >= 4 is 33.4 Å². The topological polar surface area (TPSA) is 55.4 Å². The molecule has 4 nitrogen and oxygen atoms in total. The monoisotopic (exact) mass is 321 g/mol. The first-order valence-corrected chi connectivity index (χ1v) is 8.87. The van der Waals surface area contributed by atoms with Gasteiger partial charge in [-0.15, -0.1) is 0 Å². The first-order chi connectivity index (χ1) is 8.97. The number of sulfonamides is 1. The Morgan fingerprint density at radius 1 is 1.53 bits per heavy atom. The Morgan fingerprint density at radius 2 is 2.32 bits per heavy atom. The minimum atomic E-state index is -3.54. The van der Waals surface area contributed by atoms with Gasteiger partial charge in [0, 0.05) is 24.4 Å². The van der Waals surface area contributed by atoms with Gasteiger partial charge in [0.15, 0.2) is 0 Å². The van der Waals surface area contributed by atoms with Crippen molar-refractivity contribution in [3.8, 4) is 0 Å². The minimum Gasteiger partial charge on any atom is -0.376 e. The third-order valence-corrected chi connectivity index (χ3v) is 6.05. The maximum atomic E-state index is 12.2. The SMILES string of the molecule is COC1(CNS(=O)(=O)c2cccc(Cl)c2)CCSC1. The lowest BCUT2D eigenvalue weighted by molar-refractivity contribution is 0.0179. The molecule has 1 aromatic carbocycles. The van der Waals surface area contributed by atoms with Crippen LogP contribution in [0.2, 0.25) is 5.02 Å². The molecule has 1 aliphatic heterocycles. The van der Waals surface area contributed by atoms with Gasteiger partial charge in [-0.2, -0.15) is 11.8 Å². The number of nitrogens with one attached hydrogen (secondary N) is 1. The zero-order chi connectivity index (χ0) is 13.9. The van der Waals surface area contributed by atoms with E-state index in [1.54, 1.807) is 31.0 Å². The average molecular weight is 322 g/mol. The highest BCUT2D eigenvalue weighted by Gasteiger charge is 2.35. The zero-order valence-electron chi connectivity index (χ0n) is 10.6. The van der Waals surface area contributed by atoms with E-state index in [0.717, 1.165) is 17.9 Å². The van der Waals surface area contributed by atoms with E-state index in [-0.39, 0.29) is 11.4 Å². The molecule has 106 valence electrons. The van der Waals surface area contributed by atoms with E-state index < -0.39 is 15.6 Å². The highest BCUT2D eigenvalue weighted by molar-refractivity contribution is 7.99. The second kappa shape index (κ2) is 6.01. The number of rotatable bonds is 5. The molecule has 19 heavy (non-hydrogen) atoms. The first-order valence-electron chi connectivity index (χ1n) is 5.86. The predicted octanol–water partition coefficient (Wildman–Crippen LogP) is 2.14. The number of hydrogen-bond acceptors (Lipinski definition) is 4. The second-order valence-corrected chi connectivity index (χ2v) is 7.78. The summed E-state index contributed by atoms with van der Waals surface area (Å²) >= 11 is 7.59. The van der Waals surface area contributed by atoms with Crippen molar-refractivity contribution in [2.45, 2.75) is 16.9 Å². The van der Waals surface area contributed by atoms with Crippen LogP contribution < -0.4 is 4.72 Å². The molecule has 1 unspecified atom stereocenters. The van der Waals surface area contributed by atoms with E-state index >= 15 is 0 Å². The summed E-state index contributed by atoms with van der Waals surface area (Å²) in [6, 6.07) is 6.23. The van der Waals surface area contributed by atoms with Crippen molar-refractivity contribution in [3.05, 3.63) is 29.3 Å². The largest absolute Gasteiger partial charge is 0.376 e. The van der Waals surface area contributed by atoms with E-state index in [9.17, 15) is 8.42 Å². The summed E-state index contributed by atoms with van der Waals surface area (Å²) in [7, 11) is -1.92.